The molecular weight excluding hydrogens is 595 g/mol. The number of aromatic nitrogens is 2. The van der Waals surface area contributed by atoms with Crippen LogP contribution in [0.4, 0.5) is 5.95 Å². The molecule has 0 atom stereocenters. The molecule has 0 amide bonds. The highest BCUT2D eigenvalue weighted by molar-refractivity contribution is 7.25. The summed E-state index contributed by atoms with van der Waals surface area (Å²) in [6.45, 7) is 18.4. The molecule has 8 rings (SSSR count). The maximum absolute atomic E-state index is 5.50. The average Bonchev–Trinajstić information content (AvgIpc) is 3.57. The van der Waals surface area contributed by atoms with Crippen LogP contribution in [0.3, 0.4) is 0 Å². The van der Waals surface area contributed by atoms with Crippen molar-refractivity contribution in [2.75, 3.05) is 4.90 Å². The van der Waals surface area contributed by atoms with E-state index in [9.17, 15) is 0 Å². The summed E-state index contributed by atoms with van der Waals surface area (Å²) in [6.07, 6.45) is 0. The van der Waals surface area contributed by atoms with Gasteiger partial charge in [0.2, 0.25) is 11.9 Å². The van der Waals surface area contributed by atoms with Gasteiger partial charge < -0.3 is 4.90 Å². The summed E-state index contributed by atoms with van der Waals surface area (Å²) in [7, 11) is 0. The number of thiophene rings is 1. The van der Waals surface area contributed by atoms with Gasteiger partial charge in [0.1, 0.15) is 4.83 Å². The minimum absolute atomic E-state index is 0.188. The van der Waals surface area contributed by atoms with Crippen molar-refractivity contribution in [3.63, 3.8) is 0 Å². The number of hydrogen-bond donors (Lipinski definition) is 0. The van der Waals surface area contributed by atoms with Crippen molar-refractivity contribution in [3.8, 4) is 33.5 Å². The summed E-state index contributed by atoms with van der Waals surface area (Å²) in [5.74, 6) is 1.65. The normalized spacial score (nSPS) is 18.9. The Balaban J connectivity index is 1.31. The van der Waals surface area contributed by atoms with E-state index in [0.29, 0.717) is 5.95 Å². The van der Waals surface area contributed by atoms with E-state index in [1.807, 2.05) is 0 Å². The summed E-state index contributed by atoms with van der Waals surface area (Å²) >= 11 is 1.74. The predicted molar refractivity (Wildman–Crippen MR) is 199 cm³/mol. The highest BCUT2D eigenvalue weighted by atomic mass is 32.1. The first-order chi connectivity index (χ1) is 22.3. The molecule has 236 valence electrons. The maximum atomic E-state index is 5.50. The second kappa shape index (κ2) is 9.98. The van der Waals surface area contributed by atoms with Crippen LogP contribution in [0.25, 0.3) is 53.8 Å². The van der Waals surface area contributed by atoms with E-state index in [-0.39, 0.29) is 22.2 Å². The van der Waals surface area contributed by atoms with Gasteiger partial charge in [0.15, 0.2) is 0 Å². The third-order valence-corrected chi connectivity index (χ3v) is 12.4. The number of hydrogen-bond acceptors (Lipinski definition) is 6. The van der Waals surface area contributed by atoms with E-state index in [1.165, 1.54) is 26.8 Å². The zero-order valence-corrected chi connectivity index (χ0v) is 29.3. The quantitative estimate of drug-likeness (QED) is 0.193. The molecule has 2 aromatic heterocycles. The van der Waals surface area contributed by atoms with Gasteiger partial charge in [0.05, 0.1) is 27.8 Å². The Morgan fingerprint density at radius 1 is 0.553 bits per heavy atom. The van der Waals surface area contributed by atoms with Gasteiger partial charge in [-0.05, 0) is 89.8 Å². The Hall–Kier alpha value is -4.55. The van der Waals surface area contributed by atoms with E-state index < -0.39 is 0 Å². The highest BCUT2D eigenvalue weighted by Gasteiger charge is 2.66. The summed E-state index contributed by atoms with van der Waals surface area (Å²) in [4.78, 5) is 22.0. The van der Waals surface area contributed by atoms with Gasteiger partial charge in [-0.15, -0.1) is 11.3 Å². The Bertz CT molecular complexity index is 2210. The Kier molecular flexibility index (Phi) is 6.33. The van der Waals surface area contributed by atoms with Gasteiger partial charge in [0.25, 0.3) is 0 Å². The number of anilines is 1. The monoisotopic (exact) mass is 635 g/mol. The highest BCUT2D eigenvalue weighted by Crippen LogP contribution is 2.53. The van der Waals surface area contributed by atoms with Crippen LogP contribution in [0.5, 0.6) is 0 Å². The molecule has 2 aliphatic rings. The Morgan fingerprint density at radius 2 is 1.15 bits per heavy atom. The molecule has 0 unspecified atom stereocenters. The van der Waals surface area contributed by atoms with Crippen molar-refractivity contribution in [1.29, 1.82) is 0 Å². The van der Waals surface area contributed by atoms with Crippen LogP contribution in [0.15, 0.2) is 108 Å². The Labute approximate surface area is 281 Å². The molecule has 2 aliphatic heterocycles. The van der Waals surface area contributed by atoms with E-state index >= 15 is 0 Å². The molecule has 0 bridgehead atoms. The van der Waals surface area contributed by atoms with Crippen LogP contribution < -0.4 is 4.90 Å². The molecule has 1 saturated heterocycles. The van der Waals surface area contributed by atoms with Gasteiger partial charge in [-0.3, -0.25) is 4.90 Å². The van der Waals surface area contributed by atoms with E-state index in [4.69, 9.17) is 15.0 Å². The lowest BCUT2D eigenvalue weighted by molar-refractivity contribution is 0.0528. The van der Waals surface area contributed by atoms with E-state index in [1.54, 1.807) is 11.3 Å². The van der Waals surface area contributed by atoms with Crippen molar-refractivity contribution >= 4 is 43.5 Å². The summed E-state index contributed by atoms with van der Waals surface area (Å²) < 4.78 is 1.21. The molecule has 4 heterocycles. The fraction of sp³-hybridized carbons (Fsp3) is 0.293. The number of aliphatic imine (C=N–C) groups is 1. The largest absolute Gasteiger partial charge is 0.327 e. The molecule has 47 heavy (non-hydrogen) atoms. The first-order valence-corrected chi connectivity index (χ1v) is 17.3. The maximum Gasteiger partial charge on any atom is 0.234 e. The van der Waals surface area contributed by atoms with Crippen LogP contribution in [0, 0.1) is 0 Å². The summed E-state index contributed by atoms with van der Waals surface area (Å²) in [5.41, 5.74) is 5.78. The molecule has 0 spiro atoms. The van der Waals surface area contributed by atoms with Gasteiger partial charge in [-0.2, -0.15) is 0 Å². The predicted octanol–water partition coefficient (Wildman–Crippen LogP) is 10.5. The van der Waals surface area contributed by atoms with Crippen molar-refractivity contribution in [3.05, 3.63) is 103 Å². The third-order valence-electron chi connectivity index (χ3n) is 11.3. The molecule has 0 radical (unpaired) electrons. The summed E-state index contributed by atoms with van der Waals surface area (Å²) in [5, 5.41) is 2.29. The fourth-order valence-electron chi connectivity index (χ4n) is 7.45. The van der Waals surface area contributed by atoms with E-state index in [0.717, 1.165) is 33.0 Å². The molecular formula is C41H41N5S. The zero-order valence-electron chi connectivity index (χ0n) is 28.5. The number of rotatable bonds is 4. The second-order valence-electron chi connectivity index (χ2n) is 15.0. The smallest absolute Gasteiger partial charge is 0.234 e. The van der Waals surface area contributed by atoms with Crippen molar-refractivity contribution in [2.24, 2.45) is 4.99 Å². The topological polar surface area (TPSA) is 44.6 Å². The second-order valence-corrected chi connectivity index (χ2v) is 16.0. The molecule has 0 saturated carbocycles. The van der Waals surface area contributed by atoms with Crippen LogP contribution in [-0.4, -0.2) is 43.0 Å². The molecule has 0 aliphatic carbocycles. The van der Waals surface area contributed by atoms with Crippen molar-refractivity contribution in [2.45, 2.75) is 77.5 Å². The number of guanidine groups is 1. The standard InChI is InChI=1S/C41H41N5S/c1-38(2)39(3,4)46-37(44-38)45(40(5,6)41(46,7)8)36-42-34(33-31-19-12-13-20-32(31)47-35(33)43-36)30-18-14-17-29(25-30)28-23-21-27(22-24-28)26-15-10-9-11-16-26/h9-25H,1-8H3. The SMILES string of the molecule is CC1(C)N=C2N(c3nc(-c4cccc(-c5ccc(-c6ccccc6)cc5)c4)c4c(n3)sc3ccccc34)C(C)(C)C(C)(C)N2C1(C)C. The minimum atomic E-state index is -0.330. The third kappa shape index (κ3) is 4.23. The molecule has 0 N–H and O–H groups in total. The molecule has 6 heteroatoms. The molecule has 5 nitrogen and oxygen atoms in total. The van der Waals surface area contributed by atoms with Crippen LogP contribution in [0.2, 0.25) is 0 Å². The number of benzene rings is 4. The molecule has 1 fully saturated rings. The molecule has 4 aromatic carbocycles. The van der Waals surface area contributed by atoms with Crippen LogP contribution >= 0.6 is 11.3 Å². The van der Waals surface area contributed by atoms with Gasteiger partial charge in [-0.25, -0.2) is 15.0 Å². The van der Waals surface area contributed by atoms with Gasteiger partial charge >= 0.3 is 0 Å². The number of fused-ring (bicyclic) bond motifs is 4. The molecule has 6 aromatic rings. The lowest BCUT2D eigenvalue weighted by Gasteiger charge is -2.50. The summed E-state index contributed by atoms with van der Waals surface area (Å²) in [6, 6.07) is 36.8. The van der Waals surface area contributed by atoms with Gasteiger partial charge in [-0.1, -0.05) is 91.0 Å². The van der Waals surface area contributed by atoms with Crippen LogP contribution in [0.1, 0.15) is 55.4 Å². The van der Waals surface area contributed by atoms with E-state index in [2.05, 4.69) is 168 Å². The minimum Gasteiger partial charge on any atom is -0.327 e. The lowest BCUT2D eigenvalue weighted by atomic mass is 9.76. The van der Waals surface area contributed by atoms with Gasteiger partial charge in [0, 0.05) is 21.0 Å². The lowest BCUT2D eigenvalue weighted by Crippen LogP contribution is -2.63. The fourth-order valence-corrected chi connectivity index (χ4v) is 8.52. The average molecular weight is 636 g/mol. The first-order valence-electron chi connectivity index (χ1n) is 16.5. The number of nitrogens with zero attached hydrogens (tertiary/aromatic N) is 5. The first kappa shape index (κ1) is 29.8. The van der Waals surface area contributed by atoms with Crippen molar-refractivity contribution < 1.29 is 0 Å². The zero-order chi connectivity index (χ0) is 32.9. The van der Waals surface area contributed by atoms with Crippen LogP contribution in [-0.2, 0) is 0 Å². The van der Waals surface area contributed by atoms with Crippen molar-refractivity contribution in [1.82, 2.24) is 14.9 Å². The Morgan fingerprint density at radius 3 is 1.87 bits per heavy atom.